The topological polar surface area (TPSA) is 82.4 Å². The molecular formula is C33H30BrCl2N3O5S. The number of methoxy groups -OCH3 is 1. The molecule has 0 saturated carbocycles. The van der Waals surface area contributed by atoms with E-state index in [2.05, 4.69) is 20.9 Å². The number of carbonyl (C=O) groups excluding carboxylic acids is 1. The van der Waals surface area contributed by atoms with Crippen LogP contribution in [0.1, 0.15) is 36.6 Å². The quantitative estimate of drug-likeness (QED) is 0.183. The van der Waals surface area contributed by atoms with E-state index in [9.17, 15) is 9.59 Å². The molecule has 3 aromatic carbocycles. The second kappa shape index (κ2) is 13.8. The number of rotatable bonds is 9. The van der Waals surface area contributed by atoms with Crippen LogP contribution in [0.4, 0.5) is 5.69 Å². The minimum absolute atomic E-state index is 0.195. The lowest BCUT2D eigenvalue weighted by atomic mass is 9.95. The maximum atomic E-state index is 14.0. The van der Waals surface area contributed by atoms with Gasteiger partial charge < -0.3 is 19.1 Å². The number of halogens is 3. The molecule has 0 N–H and O–H groups in total. The lowest BCUT2D eigenvalue weighted by molar-refractivity contribution is -0.139. The van der Waals surface area contributed by atoms with Gasteiger partial charge in [0.05, 0.1) is 40.0 Å². The van der Waals surface area contributed by atoms with Gasteiger partial charge in [-0.25, -0.2) is 9.79 Å². The number of hydrogen-bond acceptors (Lipinski definition) is 8. The fourth-order valence-electron chi connectivity index (χ4n) is 4.96. The Hall–Kier alpha value is -3.57. The first-order valence-corrected chi connectivity index (χ1v) is 16.3. The second-order valence-corrected chi connectivity index (χ2v) is 13.1. The summed E-state index contributed by atoms with van der Waals surface area (Å²) in [4.78, 5) is 34.4. The normalized spacial score (nSPS) is 14.6. The highest BCUT2D eigenvalue weighted by Crippen LogP contribution is 2.38. The molecule has 0 aliphatic carbocycles. The number of benzene rings is 3. The molecule has 0 fully saturated rings. The van der Waals surface area contributed by atoms with Crippen molar-refractivity contribution in [2.45, 2.75) is 26.5 Å². The van der Waals surface area contributed by atoms with E-state index in [1.54, 1.807) is 55.9 Å². The number of allylic oxidation sites excluding steroid dienone is 1. The van der Waals surface area contributed by atoms with Crippen molar-refractivity contribution in [3.05, 3.63) is 117 Å². The summed E-state index contributed by atoms with van der Waals surface area (Å²) in [6.45, 7) is 3.91. The minimum atomic E-state index is -0.699. The molecule has 0 bridgehead atoms. The lowest BCUT2D eigenvalue weighted by Crippen LogP contribution is -2.39. The molecule has 1 aromatic heterocycles. The number of thiazole rings is 1. The largest absolute Gasteiger partial charge is 0.493 e. The average molecular weight is 731 g/mol. The van der Waals surface area contributed by atoms with Crippen LogP contribution >= 0.6 is 50.5 Å². The zero-order chi connectivity index (χ0) is 32.4. The summed E-state index contributed by atoms with van der Waals surface area (Å²) in [5.41, 5.74) is 3.81. The zero-order valence-electron chi connectivity index (χ0n) is 25.2. The van der Waals surface area contributed by atoms with Crippen LogP contribution < -0.4 is 29.3 Å². The summed E-state index contributed by atoms with van der Waals surface area (Å²) in [6, 6.07) is 15.9. The number of ether oxygens (including phenoxy) is 3. The van der Waals surface area contributed by atoms with Crippen LogP contribution in [0, 0.1) is 0 Å². The van der Waals surface area contributed by atoms with Crippen LogP contribution in [0.25, 0.3) is 6.08 Å². The van der Waals surface area contributed by atoms with E-state index in [1.807, 2.05) is 49.3 Å². The van der Waals surface area contributed by atoms with Gasteiger partial charge in [0, 0.05) is 35.4 Å². The van der Waals surface area contributed by atoms with E-state index in [-0.39, 0.29) is 18.8 Å². The first kappa shape index (κ1) is 32.8. The summed E-state index contributed by atoms with van der Waals surface area (Å²) in [6.07, 6.45) is 1.77. The van der Waals surface area contributed by atoms with Crippen molar-refractivity contribution in [3.8, 4) is 11.5 Å². The average Bonchev–Trinajstić information content (AvgIpc) is 3.30. The SMILES string of the molecule is CCOC(=O)C1=C(C)N=c2s/c(=C\c3cc(Br)c(OCc4ccc(Cl)cc4Cl)c(OC)c3)c(=O)n2C1c1ccc(N(C)C)cc1. The van der Waals surface area contributed by atoms with Crippen molar-refractivity contribution >= 4 is 68.2 Å². The molecule has 8 nitrogen and oxygen atoms in total. The van der Waals surface area contributed by atoms with Crippen molar-refractivity contribution in [2.75, 3.05) is 32.7 Å². The third kappa shape index (κ3) is 6.84. The van der Waals surface area contributed by atoms with Gasteiger partial charge in [0.15, 0.2) is 16.3 Å². The molecule has 1 unspecified atom stereocenters. The highest BCUT2D eigenvalue weighted by molar-refractivity contribution is 9.10. The van der Waals surface area contributed by atoms with Crippen LogP contribution in [0.2, 0.25) is 10.0 Å². The smallest absolute Gasteiger partial charge is 0.338 e. The van der Waals surface area contributed by atoms with E-state index < -0.39 is 12.0 Å². The van der Waals surface area contributed by atoms with E-state index in [4.69, 9.17) is 37.4 Å². The number of hydrogen-bond donors (Lipinski definition) is 0. The summed E-state index contributed by atoms with van der Waals surface area (Å²) >= 11 is 17.2. The van der Waals surface area contributed by atoms with Gasteiger partial charge in [0.1, 0.15) is 6.61 Å². The Labute approximate surface area is 282 Å². The molecule has 0 radical (unpaired) electrons. The van der Waals surface area contributed by atoms with Crippen molar-refractivity contribution in [3.63, 3.8) is 0 Å². The summed E-state index contributed by atoms with van der Waals surface area (Å²) in [5.74, 6) is 0.449. The Kier molecular flexibility index (Phi) is 10.1. The Balaban J connectivity index is 1.57. The number of nitrogens with zero attached hydrogens (tertiary/aromatic N) is 3. The number of anilines is 1. The molecule has 45 heavy (non-hydrogen) atoms. The molecule has 1 aliphatic heterocycles. The third-order valence-electron chi connectivity index (χ3n) is 7.18. The van der Waals surface area contributed by atoms with Gasteiger partial charge in [-0.1, -0.05) is 52.7 Å². The molecule has 2 heterocycles. The molecular weight excluding hydrogens is 701 g/mol. The lowest BCUT2D eigenvalue weighted by Gasteiger charge is -2.25. The third-order valence-corrected chi connectivity index (χ3v) is 9.34. The van der Waals surface area contributed by atoms with Crippen molar-refractivity contribution < 1.29 is 19.0 Å². The van der Waals surface area contributed by atoms with E-state index in [0.717, 1.165) is 16.8 Å². The second-order valence-electron chi connectivity index (χ2n) is 10.3. The van der Waals surface area contributed by atoms with Gasteiger partial charge in [-0.15, -0.1) is 0 Å². The number of fused-ring (bicyclic) bond motifs is 1. The van der Waals surface area contributed by atoms with Crippen molar-refractivity contribution in [2.24, 2.45) is 4.99 Å². The van der Waals surface area contributed by atoms with Crippen molar-refractivity contribution in [1.29, 1.82) is 0 Å². The molecule has 4 aromatic rings. The van der Waals surface area contributed by atoms with Gasteiger partial charge in [-0.3, -0.25) is 9.36 Å². The highest BCUT2D eigenvalue weighted by Gasteiger charge is 2.33. The fraction of sp³-hybridized carbons (Fsp3) is 0.242. The molecule has 0 saturated heterocycles. The molecule has 234 valence electrons. The number of aromatic nitrogens is 1. The van der Waals surface area contributed by atoms with Crippen LogP contribution in [-0.2, 0) is 16.1 Å². The molecule has 12 heteroatoms. The van der Waals surface area contributed by atoms with E-state index in [1.165, 1.54) is 11.3 Å². The van der Waals surface area contributed by atoms with Gasteiger partial charge in [0.2, 0.25) is 0 Å². The van der Waals surface area contributed by atoms with Gasteiger partial charge in [0.25, 0.3) is 5.56 Å². The number of esters is 1. The zero-order valence-corrected chi connectivity index (χ0v) is 29.1. The Morgan fingerprint density at radius 3 is 2.51 bits per heavy atom. The first-order valence-electron chi connectivity index (χ1n) is 13.9. The molecule has 0 spiro atoms. The Morgan fingerprint density at radius 2 is 1.87 bits per heavy atom. The standard InChI is InChI=1S/C33H30BrCl2N3O5S/c1-6-43-32(41)28-18(2)37-33-39(29(28)20-8-11-23(12-9-20)38(3)4)31(40)27(45-33)15-19-13-24(34)30(26(14-19)42-5)44-17-21-7-10-22(35)16-25(21)36/h7-16,29H,6,17H2,1-5H3/b27-15-. The van der Waals surface area contributed by atoms with E-state index >= 15 is 0 Å². The Morgan fingerprint density at radius 1 is 1.13 bits per heavy atom. The van der Waals surface area contributed by atoms with Crippen LogP contribution in [0.15, 0.2) is 80.1 Å². The molecule has 1 atom stereocenters. The van der Waals surface area contributed by atoms with E-state index in [0.29, 0.717) is 52.2 Å². The van der Waals surface area contributed by atoms with Crippen LogP contribution in [0.5, 0.6) is 11.5 Å². The Bertz CT molecular complexity index is 1990. The van der Waals surface area contributed by atoms with Gasteiger partial charge in [-0.2, -0.15) is 0 Å². The fourth-order valence-corrected chi connectivity index (χ4v) is 7.05. The summed E-state index contributed by atoms with van der Waals surface area (Å²) < 4.78 is 19.8. The first-order chi connectivity index (χ1) is 21.5. The molecule has 5 rings (SSSR count). The number of carbonyl (C=O) groups is 1. The maximum Gasteiger partial charge on any atom is 0.338 e. The van der Waals surface area contributed by atoms with Crippen LogP contribution in [0.3, 0.4) is 0 Å². The van der Waals surface area contributed by atoms with Crippen molar-refractivity contribution in [1.82, 2.24) is 4.57 Å². The molecule has 1 aliphatic rings. The summed E-state index contributed by atoms with van der Waals surface area (Å²) in [7, 11) is 5.45. The molecule has 0 amide bonds. The van der Waals surface area contributed by atoms with Crippen LogP contribution in [-0.4, -0.2) is 38.3 Å². The monoisotopic (exact) mass is 729 g/mol. The maximum absolute atomic E-state index is 14.0. The minimum Gasteiger partial charge on any atom is -0.493 e. The van der Waals surface area contributed by atoms with Gasteiger partial charge in [-0.05, 0) is 83.4 Å². The van der Waals surface area contributed by atoms with Gasteiger partial charge >= 0.3 is 5.97 Å². The summed E-state index contributed by atoms with van der Waals surface area (Å²) in [5, 5.41) is 1.04. The highest BCUT2D eigenvalue weighted by atomic mass is 79.9. The predicted molar refractivity (Wildman–Crippen MR) is 183 cm³/mol. The predicted octanol–water partition coefficient (Wildman–Crippen LogP) is 6.52.